The Morgan fingerprint density at radius 1 is 0.673 bits per heavy atom. The second-order valence-corrected chi connectivity index (χ2v) is 14.1. The lowest BCUT2D eigenvalue weighted by Crippen LogP contribution is -2.44. The van der Waals surface area contributed by atoms with E-state index >= 15 is 0 Å². The number of carbonyl (C=O) groups excluding carboxylic acids is 2. The number of carbonyl (C=O) groups is 2. The van der Waals surface area contributed by atoms with E-state index in [-0.39, 0.29) is 44.5 Å². The minimum absolute atomic E-state index is 0. The van der Waals surface area contributed by atoms with Crippen LogP contribution in [0, 0.1) is 6.92 Å². The number of ether oxygens (including phenoxy) is 3. The molecule has 5 heterocycles. The number of pyridine rings is 1. The zero-order valence-electron chi connectivity index (χ0n) is 30.0. The van der Waals surface area contributed by atoms with E-state index in [1.54, 1.807) is 19.2 Å². The Morgan fingerprint density at radius 2 is 1.25 bits per heavy atom. The van der Waals surface area contributed by atoms with Crippen molar-refractivity contribution >= 4 is 41.3 Å². The predicted molar refractivity (Wildman–Crippen MR) is 212 cm³/mol. The van der Waals surface area contributed by atoms with E-state index in [0.717, 1.165) is 17.5 Å². The average molecular weight is 735 g/mol. The first-order valence-corrected chi connectivity index (χ1v) is 18.0. The van der Waals surface area contributed by atoms with Gasteiger partial charge in [0.1, 0.15) is 19.0 Å². The number of nitrogens with zero attached hydrogens (tertiary/aromatic N) is 5. The quantitative estimate of drug-likeness (QED) is 0.173. The van der Waals surface area contributed by atoms with E-state index in [1.807, 2.05) is 89.8 Å². The lowest BCUT2D eigenvalue weighted by Gasteiger charge is -2.34. The summed E-state index contributed by atoms with van der Waals surface area (Å²) >= 11 is 0. The number of aromatic nitrogens is 1. The third-order valence-electron chi connectivity index (χ3n) is 10.6. The number of anilines is 1. The molecule has 11 heteroatoms. The zero-order chi connectivity index (χ0) is 36.9. The maximum atomic E-state index is 13.8. The van der Waals surface area contributed by atoms with E-state index in [1.165, 1.54) is 16.7 Å². The molecule has 55 heavy (non-hydrogen) atoms. The fraction of sp³-hybridized carbons (Fsp3) is 0.250. The molecule has 4 aliphatic rings. The van der Waals surface area contributed by atoms with Crippen LogP contribution in [0.4, 0.5) is 17.1 Å². The first kappa shape index (κ1) is 35.5. The third-order valence-corrected chi connectivity index (χ3v) is 10.6. The van der Waals surface area contributed by atoms with Gasteiger partial charge in [-0.2, -0.15) is 0 Å². The summed E-state index contributed by atoms with van der Waals surface area (Å²) in [4.78, 5) is 45.5. The predicted octanol–water partition coefficient (Wildman–Crippen LogP) is 7.34. The van der Waals surface area contributed by atoms with Crippen LogP contribution in [0.2, 0.25) is 0 Å². The minimum Gasteiger partial charge on any atom is -0.493 e. The van der Waals surface area contributed by atoms with E-state index in [4.69, 9.17) is 34.9 Å². The first-order chi connectivity index (χ1) is 26.3. The van der Waals surface area contributed by atoms with Gasteiger partial charge in [0.25, 0.3) is 11.8 Å². The van der Waals surface area contributed by atoms with Gasteiger partial charge in [0, 0.05) is 43.3 Å². The highest BCUT2D eigenvalue weighted by atomic mass is 16.5. The van der Waals surface area contributed by atoms with Crippen LogP contribution in [0.25, 0.3) is 0 Å². The van der Waals surface area contributed by atoms with Crippen molar-refractivity contribution in [2.24, 2.45) is 9.98 Å². The summed E-state index contributed by atoms with van der Waals surface area (Å²) in [6.45, 7) is 3.32. The molecule has 2 atom stereocenters. The smallest absolute Gasteiger partial charge is 0.257 e. The van der Waals surface area contributed by atoms with Crippen molar-refractivity contribution in [3.63, 3.8) is 0 Å². The van der Waals surface area contributed by atoms with Crippen LogP contribution >= 0.6 is 0 Å². The van der Waals surface area contributed by atoms with Crippen molar-refractivity contribution in [3.8, 4) is 17.2 Å². The molecule has 9 rings (SSSR count). The number of hydrogen-bond acceptors (Lipinski definition) is 9. The van der Waals surface area contributed by atoms with Gasteiger partial charge < -0.3 is 29.7 Å². The monoisotopic (exact) mass is 734 g/mol. The second-order valence-electron chi connectivity index (χ2n) is 14.1. The van der Waals surface area contributed by atoms with Crippen LogP contribution in [0.15, 0.2) is 94.9 Å². The molecule has 0 radical (unpaired) electrons. The number of nitrogen functional groups attached to an aromatic ring is 1. The van der Waals surface area contributed by atoms with Crippen molar-refractivity contribution < 1.29 is 23.8 Å². The number of nitrogens with two attached hydrogens (primary N) is 1. The molecule has 11 nitrogen and oxygen atoms in total. The summed E-state index contributed by atoms with van der Waals surface area (Å²) in [6.07, 6.45) is 5.13. The van der Waals surface area contributed by atoms with Crippen LogP contribution in [0.3, 0.4) is 0 Å². The number of aliphatic imine (C=N–C) groups is 2. The average Bonchev–Trinajstić information content (AvgIpc) is 3.40. The molecule has 0 unspecified atom stereocenters. The van der Waals surface area contributed by atoms with Crippen LogP contribution in [-0.4, -0.2) is 58.2 Å². The molecule has 1 aromatic heterocycles. The van der Waals surface area contributed by atoms with Gasteiger partial charge in [0.05, 0.1) is 53.1 Å². The van der Waals surface area contributed by atoms with E-state index < -0.39 is 0 Å². The van der Waals surface area contributed by atoms with Gasteiger partial charge in [-0.25, -0.2) is 0 Å². The van der Waals surface area contributed by atoms with Gasteiger partial charge in [-0.3, -0.25) is 24.6 Å². The van der Waals surface area contributed by atoms with Crippen molar-refractivity contribution in [2.45, 2.75) is 65.6 Å². The van der Waals surface area contributed by atoms with Crippen LogP contribution in [0.5, 0.6) is 17.2 Å². The summed E-state index contributed by atoms with van der Waals surface area (Å²) in [6, 6.07) is 26.7. The molecule has 2 amide bonds. The van der Waals surface area contributed by atoms with Crippen molar-refractivity contribution in [2.75, 3.05) is 12.8 Å². The zero-order valence-corrected chi connectivity index (χ0v) is 30.0. The van der Waals surface area contributed by atoms with Crippen LogP contribution in [-0.2, 0) is 39.1 Å². The third kappa shape index (κ3) is 6.66. The largest absolute Gasteiger partial charge is 0.493 e. The highest BCUT2D eigenvalue weighted by Crippen LogP contribution is 2.39. The standard InChI is InChI=1S/C43H38N6O5.CH4/c1-25-12-35-37(45-19-33-14-26-6-3-4-7-28(26)21-48(33)42(35)50)17-39(25)53-23-31-8-5-9-32(47-31)24-54-41-18-38-36(16-40(41)52-2)43(51)49-22-29-13-30(44)11-10-27(29)15-34(49)20-46-38;/h3-13,16-20,33-34H,14-15,21-24,44H2,1-2H3;1H4/t33-,34+;/m1./s1. The maximum absolute atomic E-state index is 13.8. The molecule has 0 bridgehead atoms. The molecule has 5 aromatic rings. The van der Waals surface area contributed by atoms with Crippen LogP contribution in [0.1, 0.15) is 67.3 Å². The summed E-state index contributed by atoms with van der Waals surface area (Å²) in [5, 5.41) is 0. The number of methoxy groups -OCH3 is 1. The topological polar surface area (TPSA) is 132 Å². The Morgan fingerprint density at radius 3 is 1.93 bits per heavy atom. The van der Waals surface area contributed by atoms with Gasteiger partial charge in [0.2, 0.25) is 0 Å². The van der Waals surface area contributed by atoms with Gasteiger partial charge in [0.15, 0.2) is 11.5 Å². The molecule has 0 spiro atoms. The van der Waals surface area contributed by atoms with Crippen molar-refractivity contribution in [1.82, 2.24) is 14.8 Å². The van der Waals surface area contributed by atoms with Gasteiger partial charge in [-0.1, -0.05) is 43.8 Å². The number of fused-ring (bicyclic) bond motifs is 6. The fourth-order valence-electron chi connectivity index (χ4n) is 7.73. The normalized spacial score (nSPS) is 17.6. The Hall–Kier alpha value is -6.49. The van der Waals surface area contributed by atoms with Gasteiger partial charge >= 0.3 is 0 Å². The van der Waals surface area contributed by atoms with Gasteiger partial charge in [-0.15, -0.1) is 0 Å². The van der Waals surface area contributed by atoms with E-state index in [9.17, 15) is 9.59 Å². The first-order valence-electron chi connectivity index (χ1n) is 18.0. The molecule has 4 aromatic carbocycles. The van der Waals surface area contributed by atoms with Crippen molar-refractivity contribution in [3.05, 3.63) is 135 Å². The Balaban J connectivity index is 0.00000427. The highest BCUT2D eigenvalue weighted by molar-refractivity contribution is 6.04. The lowest BCUT2D eigenvalue weighted by atomic mass is 9.93. The number of benzene rings is 4. The molecule has 0 aliphatic carbocycles. The van der Waals surface area contributed by atoms with Gasteiger partial charge in [-0.05, 0) is 84.0 Å². The summed E-state index contributed by atoms with van der Waals surface area (Å²) in [7, 11) is 1.55. The molecule has 0 saturated heterocycles. The number of rotatable bonds is 7. The van der Waals surface area contributed by atoms with E-state index in [0.29, 0.717) is 76.3 Å². The Bertz CT molecular complexity index is 2410. The van der Waals surface area contributed by atoms with Crippen molar-refractivity contribution in [1.29, 1.82) is 0 Å². The Labute approximate surface area is 320 Å². The fourth-order valence-corrected chi connectivity index (χ4v) is 7.73. The number of aryl methyl sites for hydroxylation is 1. The summed E-state index contributed by atoms with van der Waals surface area (Å²) in [5.41, 5.74) is 15.7. The van der Waals surface area contributed by atoms with Crippen LogP contribution < -0.4 is 19.9 Å². The maximum Gasteiger partial charge on any atom is 0.257 e. The molecule has 0 fully saturated rings. The molecule has 2 N–H and O–H groups in total. The minimum atomic E-state index is -0.170. The number of amides is 2. The molecule has 0 saturated carbocycles. The Kier molecular flexibility index (Phi) is 9.30. The SMILES string of the molecule is C.COc1cc2c(cc1OCc1cccc(COc3cc4c(cc3C)C(=O)N3Cc5ccccc5C[C@@H]3C=N4)n1)N=C[C@@H]1Cc3ccc(N)cc3CN1C2=O. The molecule has 4 aliphatic heterocycles. The summed E-state index contributed by atoms with van der Waals surface area (Å²) < 4.78 is 18.2. The summed E-state index contributed by atoms with van der Waals surface area (Å²) in [5.74, 6) is 1.38. The van der Waals surface area contributed by atoms with E-state index in [2.05, 4.69) is 12.1 Å². The molecule has 278 valence electrons. The molecular formula is C44H42N6O5. The molecular weight excluding hydrogens is 693 g/mol. The second kappa shape index (κ2) is 14.4. The highest BCUT2D eigenvalue weighted by Gasteiger charge is 2.34. The lowest BCUT2D eigenvalue weighted by molar-refractivity contribution is 0.0696. The number of hydrogen-bond donors (Lipinski definition) is 1.